The number of ether oxygens (including phenoxy) is 2. The minimum absolute atomic E-state index is 0.105. The molecule has 1 heterocycles. The van der Waals surface area contributed by atoms with Gasteiger partial charge in [-0.25, -0.2) is 0 Å². The van der Waals surface area contributed by atoms with E-state index < -0.39 is 0 Å². The van der Waals surface area contributed by atoms with Gasteiger partial charge in [-0.05, 0) is 17.5 Å². The summed E-state index contributed by atoms with van der Waals surface area (Å²) in [5, 5.41) is 5.75. The van der Waals surface area contributed by atoms with E-state index in [9.17, 15) is 0 Å². The van der Waals surface area contributed by atoms with Gasteiger partial charge in [0, 0.05) is 23.2 Å². The zero-order valence-electron chi connectivity index (χ0n) is 11.9. The first kappa shape index (κ1) is 13.9. The van der Waals surface area contributed by atoms with Crippen LogP contribution in [0.1, 0.15) is 6.42 Å². The SMILES string of the molecule is C=C(/C=C\CC1OCCO1)Nc1cccc2ccccc12. The summed E-state index contributed by atoms with van der Waals surface area (Å²) in [4.78, 5) is 0. The van der Waals surface area contributed by atoms with Crippen molar-refractivity contribution in [2.45, 2.75) is 12.7 Å². The molecule has 1 aliphatic heterocycles. The third-order valence-corrected chi connectivity index (χ3v) is 3.42. The fourth-order valence-electron chi connectivity index (χ4n) is 2.41. The van der Waals surface area contributed by atoms with Crippen LogP contribution in [0.3, 0.4) is 0 Å². The molecule has 1 aliphatic rings. The largest absolute Gasteiger partial charge is 0.356 e. The van der Waals surface area contributed by atoms with Crippen LogP contribution in [-0.4, -0.2) is 19.5 Å². The van der Waals surface area contributed by atoms with E-state index in [1.807, 2.05) is 30.4 Å². The van der Waals surface area contributed by atoms with Gasteiger partial charge < -0.3 is 14.8 Å². The molecule has 0 bridgehead atoms. The lowest BCUT2D eigenvalue weighted by atomic mass is 10.1. The average Bonchev–Trinajstić information content (AvgIpc) is 3.01. The summed E-state index contributed by atoms with van der Waals surface area (Å²) < 4.78 is 10.8. The van der Waals surface area contributed by atoms with Gasteiger partial charge >= 0.3 is 0 Å². The maximum Gasteiger partial charge on any atom is 0.161 e. The lowest BCUT2D eigenvalue weighted by Gasteiger charge is -2.10. The molecule has 0 radical (unpaired) electrons. The maximum atomic E-state index is 5.39. The van der Waals surface area contributed by atoms with Crippen molar-refractivity contribution in [1.82, 2.24) is 0 Å². The zero-order valence-corrected chi connectivity index (χ0v) is 11.9. The third-order valence-electron chi connectivity index (χ3n) is 3.42. The Bertz CT molecular complexity index is 652. The molecular weight excluding hydrogens is 262 g/mol. The monoisotopic (exact) mass is 281 g/mol. The Morgan fingerprint density at radius 2 is 1.90 bits per heavy atom. The van der Waals surface area contributed by atoms with E-state index in [0.29, 0.717) is 13.2 Å². The van der Waals surface area contributed by atoms with Gasteiger partial charge in [0.15, 0.2) is 6.29 Å². The molecule has 3 nitrogen and oxygen atoms in total. The van der Waals surface area contributed by atoms with Gasteiger partial charge in [-0.2, -0.15) is 0 Å². The molecule has 2 aromatic carbocycles. The number of hydrogen-bond donors (Lipinski definition) is 1. The highest BCUT2D eigenvalue weighted by molar-refractivity contribution is 5.94. The van der Waals surface area contributed by atoms with E-state index in [4.69, 9.17) is 9.47 Å². The van der Waals surface area contributed by atoms with Gasteiger partial charge in [0.2, 0.25) is 0 Å². The highest BCUT2D eigenvalue weighted by Gasteiger charge is 2.13. The van der Waals surface area contributed by atoms with Crippen LogP contribution in [0.2, 0.25) is 0 Å². The summed E-state index contributed by atoms with van der Waals surface area (Å²) in [5.41, 5.74) is 1.92. The van der Waals surface area contributed by atoms with Crippen LogP contribution in [-0.2, 0) is 9.47 Å². The molecule has 21 heavy (non-hydrogen) atoms. The Labute approximate surface area is 124 Å². The number of benzene rings is 2. The first-order chi connectivity index (χ1) is 10.3. The molecule has 0 saturated carbocycles. The summed E-state index contributed by atoms with van der Waals surface area (Å²) in [7, 11) is 0. The van der Waals surface area contributed by atoms with Gasteiger partial charge in [0.25, 0.3) is 0 Å². The highest BCUT2D eigenvalue weighted by atomic mass is 16.7. The first-order valence-electron chi connectivity index (χ1n) is 7.16. The van der Waals surface area contributed by atoms with Gasteiger partial charge in [-0.3, -0.25) is 0 Å². The summed E-state index contributed by atoms with van der Waals surface area (Å²) >= 11 is 0. The van der Waals surface area contributed by atoms with E-state index in [1.54, 1.807) is 0 Å². The van der Waals surface area contributed by atoms with Crippen LogP contribution in [0, 0.1) is 0 Å². The molecule has 1 saturated heterocycles. The van der Waals surface area contributed by atoms with Gasteiger partial charge in [0.1, 0.15) is 0 Å². The van der Waals surface area contributed by atoms with Gasteiger partial charge in [-0.1, -0.05) is 49.1 Å². The molecule has 3 rings (SSSR count). The Morgan fingerprint density at radius 1 is 1.14 bits per heavy atom. The molecule has 3 heteroatoms. The standard InChI is InChI=1S/C18H19NO2/c1-14(6-4-11-18-20-12-13-21-18)19-17-10-5-8-15-7-2-3-9-16(15)17/h2-10,18-19H,1,11-13H2/b6-4-. The molecule has 0 aromatic heterocycles. The molecule has 0 spiro atoms. The van der Waals surface area contributed by atoms with Crippen molar-refractivity contribution in [2.75, 3.05) is 18.5 Å². The Morgan fingerprint density at radius 3 is 2.76 bits per heavy atom. The number of allylic oxidation sites excluding steroid dienone is 1. The fourth-order valence-corrected chi connectivity index (χ4v) is 2.41. The zero-order chi connectivity index (χ0) is 14.5. The number of fused-ring (bicyclic) bond motifs is 1. The number of anilines is 1. The van der Waals surface area contributed by atoms with Crippen molar-refractivity contribution in [1.29, 1.82) is 0 Å². The van der Waals surface area contributed by atoms with Crippen molar-refractivity contribution in [3.05, 3.63) is 66.9 Å². The highest BCUT2D eigenvalue weighted by Crippen LogP contribution is 2.24. The van der Waals surface area contributed by atoms with Crippen molar-refractivity contribution in [2.24, 2.45) is 0 Å². The number of rotatable bonds is 5. The van der Waals surface area contributed by atoms with Crippen LogP contribution in [0.5, 0.6) is 0 Å². The van der Waals surface area contributed by atoms with Gasteiger partial charge in [-0.15, -0.1) is 0 Å². The topological polar surface area (TPSA) is 30.5 Å². The minimum atomic E-state index is -0.105. The average molecular weight is 281 g/mol. The molecule has 1 N–H and O–H groups in total. The van der Waals surface area contributed by atoms with Crippen LogP contribution in [0.25, 0.3) is 10.8 Å². The van der Waals surface area contributed by atoms with E-state index in [0.717, 1.165) is 17.8 Å². The van der Waals surface area contributed by atoms with Crippen LogP contribution in [0.15, 0.2) is 66.9 Å². The smallest absolute Gasteiger partial charge is 0.161 e. The van der Waals surface area contributed by atoms with Crippen LogP contribution < -0.4 is 5.32 Å². The second-order valence-electron chi connectivity index (χ2n) is 4.99. The second-order valence-corrected chi connectivity index (χ2v) is 4.99. The Hall–Kier alpha value is -2.10. The molecular formula is C18H19NO2. The quantitative estimate of drug-likeness (QED) is 0.837. The maximum absolute atomic E-state index is 5.39. The molecule has 2 aromatic rings. The Balaban J connectivity index is 1.64. The summed E-state index contributed by atoms with van der Waals surface area (Å²) in [5.74, 6) is 0. The summed E-state index contributed by atoms with van der Waals surface area (Å²) in [6.07, 6.45) is 4.63. The van der Waals surface area contributed by atoms with E-state index in [2.05, 4.69) is 36.2 Å². The van der Waals surface area contributed by atoms with Gasteiger partial charge in [0.05, 0.1) is 13.2 Å². The molecule has 0 aliphatic carbocycles. The van der Waals surface area contributed by atoms with E-state index in [-0.39, 0.29) is 6.29 Å². The van der Waals surface area contributed by atoms with Crippen molar-refractivity contribution in [3.8, 4) is 0 Å². The lowest BCUT2D eigenvalue weighted by molar-refractivity contribution is -0.0380. The Kier molecular flexibility index (Phi) is 4.34. The van der Waals surface area contributed by atoms with Crippen LogP contribution in [0.4, 0.5) is 5.69 Å². The third kappa shape index (κ3) is 3.51. The molecule has 0 unspecified atom stereocenters. The van der Waals surface area contributed by atoms with Crippen molar-refractivity contribution >= 4 is 16.5 Å². The molecule has 0 atom stereocenters. The predicted octanol–water partition coefficient (Wildman–Crippen LogP) is 4.08. The normalized spacial score (nSPS) is 15.8. The first-order valence-corrected chi connectivity index (χ1v) is 7.16. The molecule has 108 valence electrons. The van der Waals surface area contributed by atoms with E-state index in [1.165, 1.54) is 10.8 Å². The fraction of sp³-hybridized carbons (Fsp3) is 0.222. The molecule has 1 fully saturated rings. The summed E-state index contributed by atoms with van der Waals surface area (Å²) in [6, 6.07) is 14.5. The van der Waals surface area contributed by atoms with Crippen molar-refractivity contribution in [3.63, 3.8) is 0 Å². The second kappa shape index (κ2) is 6.57. The summed E-state index contributed by atoms with van der Waals surface area (Å²) in [6.45, 7) is 5.42. The van der Waals surface area contributed by atoms with Crippen LogP contribution >= 0.6 is 0 Å². The molecule has 0 amide bonds. The number of nitrogens with one attached hydrogen (secondary N) is 1. The number of hydrogen-bond acceptors (Lipinski definition) is 3. The lowest BCUT2D eigenvalue weighted by Crippen LogP contribution is -2.05. The van der Waals surface area contributed by atoms with Crippen molar-refractivity contribution < 1.29 is 9.47 Å². The predicted molar refractivity (Wildman–Crippen MR) is 86.2 cm³/mol. The van der Waals surface area contributed by atoms with E-state index >= 15 is 0 Å². The minimum Gasteiger partial charge on any atom is -0.356 e.